The summed E-state index contributed by atoms with van der Waals surface area (Å²) in [5.74, 6) is 0.571. The van der Waals surface area contributed by atoms with Crippen LogP contribution in [0, 0.1) is 0 Å². The third-order valence-electron chi connectivity index (χ3n) is 1.64. The van der Waals surface area contributed by atoms with Gasteiger partial charge >= 0.3 is 0 Å². The minimum atomic E-state index is 0.388. The Kier molecular flexibility index (Phi) is 2.70. The van der Waals surface area contributed by atoms with E-state index >= 15 is 0 Å². The molecule has 14 heavy (non-hydrogen) atoms. The van der Waals surface area contributed by atoms with Crippen LogP contribution in [0.25, 0.3) is 0 Å². The van der Waals surface area contributed by atoms with Gasteiger partial charge in [0.25, 0.3) is 0 Å². The fourth-order valence-corrected chi connectivity index (χ4v) is 1.00. The second-order valence-electron chi connectivity index (χ2n) is 2.69. The highest BCUT2D eigenvalue weighted by atomic mass is 16.5. The molecule has 0 unspecified atom stereocenters. The number of hydrogen-bond acceptors (Lipinski definition) is 5. The molecule has 1 aliphatic heterocycles. The molecule has 1 aromatic rings. The predicted molar refractivity (Wildman–Crippen MR) is 51.4 cm³/mol. The van der Waals surface area contributed by atoms with Crippen molar-refractivity contribution in [1.82, 2.24) is 15.3 Å². The lowest BCUT2D eigenvalue weighted by Crippen LogP contribution is -2.14. The van der Waals surface area contributed by atoms with E-state index in [2.05, 4.69) is 20.3 Å². The molecule has 5 nitrogen and oxygen atoms in total. The molecule has 2 rings (SSSR count). The van der Waals surface area contributed by atoms with Gasteiger partial charge in [-0.15, -0.1) is 0 Å². The Morgan fingerprint density at radius 2 is 2.43 bits per heavy atom. The van der Waals surface area contributed by atoms with Crippen LogP contribution >= 0.6 is 0 Å². The lowest BCUT2D eigenvalue weighted by molar-refractivity contribution is 0.190. The standard InChI is InChI=1S/C9H10N4O/c1-3-12-8(5-10-1)7-14-9-6-11-2-4-13-9/h1,3-6,11H,2,7H2. The Morgan fingerprint density at radius 3 is 3.14 bits per heavy atom. The first kappa shape index (κ1) is 8.68. The fourth-order valence-electron chi connectivity index (χ4n) is 1.00. The predicted octanol–water partition coefficient (Wildman–Crippen LogP) is 0.466. The molecule has 0 bridgehead atoms. The van der Waals surface area contributed by atoms with Gasteiger partial charge in [-0.25, -0.2) is 4.99 Å². The summed E-state index contributed by atoms with van der Waals surface area (Å²) < 4.78 is 5.37. The first-order valence-electron chi connectivity index (χ1n) is 4.29. The van der Waals surface area contributed by atoms with E-state index in [0.29, 0.717) is 12.5 Å². The molecular formula is C9H10N4O. The van der Waals surface area contributed by atoms with Gasteiger partial charge in [-0.1, -0.05) is 0 Å². The van der Waals surface area contributed by atoms with Crippen molar-refractivity contribution >= 4 is 6.21 Å². The maximum atomic E-state index is 5.37. The van der Waals surface area contributed by atoms with Crippen LogP contribution in [0.15, 0.2) is 35.7 Å². The van der Waals surface area contributed by atoms with Crippen molar-refractivity contribution in [3.8, 4) is 0 Å². The maximum absolute atomic E-state index is 5.37. The molecule has 0 atom stereocenters. The summed E-state index contributed by atoms with van der Waals surface area (Å²) in [5, 5.41) is 3.00. The van der Waals surface area contributed by atoms with E-state index in [1.54, 1.807) is 31.0 Å². The fraction of sp³-hybridized carbons (Fsp3) is 0.222. The first-order chi connectivity index (χ1) is 6.95. The zero-order valence-corrected chi connectivity index (χ0v) is 7.55. The van der Waals surface area contributed by atoms with E-state index in [0.717, 1.165) is 12.2 Å². The van der Waals surface area contributed by atoms with Crippen molar-refractivity contribution in [3.63, 3.8) is 0 Å². The van der Waals surface area contributed by atoms with Crippen LogP contribution in [-0.4, -0.2) is 22.7 Å². The molecule has 0 amide bonds. The van der Waals surface area contributed by atoms with Gasteiger partial charge in [0.2, 0.25) is 5.88 Å². The number of hydrogen-bond donors (Lipinski definition) is 1. The van der Waals surface area contributed by atoms with Crippen LogP contribution in [0.3, 0.4) is 0 Å². The number of nitrogens with zero attached hydrogens (tertiary/aromatic N) is 3. The molecule has 5 heteroatoms. The summed E-state index contributed by atoms with van der Waals surface area (Å²) in [6, 6.07) is 0. The smallest absolute Gasteiger partial charge is 0.229 e. The van der Waals surface area contributed by atoms with E-state index in [1.165, 1.54) is 0 Å². The number of aliphatic imine (C=N–C) groups is 1. The Bertz CT molecular complexity index is 347. The molecule has 0 spiro atoms. The molecule has 1 aliphatic rings. The molecule has 1 N–H and O–H groups in total. The molecule has 0 aromatic carbocycles. The van der Waals surface area contributed by atoms with Crippen molar-refractivity contribution in [2.24, 2.45) is 4.99 Å². The Labute approximate surface area is 81.6 Å². The average molecular weight is 190 g/mol. The van der Waals surface area contributed by atoms with E-state index in [1.807, 2.05) is 0 Å². The van der Waals surface area contributed by atoms with Gasteiger partial charge in [0.1, 0.15) is 6.61 Å². The van der Waals surface area contributed by atoms with E-state index in [9.17, 15) is 0 Å². The van der Waals surface area contributed by atoms with Gasteiger partial charge in [0.05, 0.1) is 24.6 Å². The van der Waals surface area contributed by atoms with Crippen molar-refractivity contribution in [2.75, 3.05) is 6.54 Å². The van der Waals surface area contributed by atoms with Crippen LogP contribution in [0.2, 0.25) is 0 Å². The van der Waals surface area contributed by atoms with Crippen LogP contribution in [0.5, 0.6) is 0 Å². The van der Waals surface area contributed by atoms with Crippen molar-refractivity contribution in [2.45, 2.75) is 6.61 Å². The van der Waals surface area contributed by atoms with Crippen molar-refractivity contribution < 1.29 is 4.74 Å². The number of nitrogens with one attached hydrogen (secondary N) is 1. The first-order valence-corrected chi connectivity index (χ1v) is 4.29. The van der Waals surface area contributed by atoms with Gasteiger partial charge in [-0.2, -0.15) is 0 Å². The summed E-state index contributed by atoms with van der Waals surface area (Å²) in [6.45, 7) is 1.14. The summed E-state index contributed by atoms with van der Waals surface area (Å²) in [6.07, 6.45) is 8.42. The lowest BCUT2D eigenvalue weighted by atomic mass is 10.5. The van der Waals surface area contributed by atoms with Crippen molar-refractivity contribution in [1.29, 1.82) is 0 Å². The number of ether oxygens (including phenoxy) is 1. The quantitative estimate of drug-likeness (QED) is 0.752. The summed E-state index contributed by atoms with van der Waals surface area (Å²) in [4.78, 5) is 12.1. The highest BCUT2D eigenvalue weighted by Gasteiger charge is 2.00. The Balaban J connectivity index is 1.88. The second-order valence-corrected chi connectivity index (χ2v) is 2.69. The van der Waals surface area contributed by atoms with Crippen LogP contribution in [-0.2, 0) is 11.3 Å². The highest BCUT2D eigenvalue weighted by molar-refractivity contribution is 5.62. The van der Waals surface area contributed by atoms with Crippen LogP contribution in [0.4, 0.5) is 0 Å². The van der Waals surface area contributed by atoms with Gasteiger partial charge < -0.3 is 10.1 Å². The monoisotopic (exact) mass is 190 g/mol. The molecule has 0 aliphatic carbocycles. The van der Waals surface area contributed by atoms with Crippen LogP contribution in [0.1, 0.15) is 5.69 Å². The van der Waals surface area contributed by atoms with E-state index in [-0.39, 0.29) is 0 Å². The topological polar surface area (TPSA) is 59.4 Å². The molecular weight excluding hydrogens is 180 g/mol. The molecule has 0 saturated heterocycles. The summed E-state index contributed by atoms with van der Waals surface area (Å²) in [7, 11) is 0. The van der Waals surface area contributed by atoms with Crippen molar-refractivity contribution in [3.05, 3.63) is 36.4 Å². The summed E-state index contributed by atoms with van der Waals surface area (Å²) in [5.41, 5.74) is 0.786. The minimum Gasteiger partial charge on any atom is -0.470 e. The van der Waals surface area contributed by atoms with Gasteiger partial charge in [0, 0.05) is 18.6 Å². The van der Waals surface area contributed by atoms with E-state index < -0.39 is 0 Å². The average Bonchev–Trinajstić information content (AvgIpc) is 2.29. The molecule has 0 radical (unpaired) electrons. The van der Waals surface area contributed by atoms with Gasteiger partial charge in [-0.05, 0) is 0 Å². The molecule has 2 heterocycles. The molecule has 0 fully saturated rings. The molecule has 1 aromatic heterocycles. The number of rotatable bonds is 3. The zero-order valence-electron chi connectivity index (χ0n) is 7.55. The van der Waals surface area contributed by atoms with Gasteiger partial charge in [-0.3, -0.25) is 9.97 Å². The molecule has 0 saturated carbocycles. The normalized spacial score (nSPS) is 14.4. The zero-order chi connectivity index (χ0) is 9.64. The Morgan fingerprint density at radius 1 is 1.43 bits per heavy atom. The third-order valence-corrected chi connectivity index (χ3v) is 1.64. The maximum Gasteiger partial charge on any atom is 0.229 e. The largest absolute Gasteiger partial charge is 0.470 e. The third kappa shape index (κ3) is 2.29. The second kappa shape index (κ2) is 4.36. The molecule has 72 valence electrons. The minimum absolute atomic E-state index is 0.388. The van der Waals surface area contributed by atoms with Crippen LogP contribution < -0.4 is 5.32 Å². The van der Waals surface area contributed by atoms with Gasteiger partial charge in [0.15, 0.2) is 0 Å². The number of aromatic nitrogens is 2. The lowest BCUT2D eigenvalue weighted by Gasteiger charge is -2.08. The Hall–Kier alpha value is -1.91. The highest BCUT2D eigenvalue weighted by Crippen LogP contribution is 2.03. The van der Waals surface area contributed by atoms with E-state index in [4.69, 9.17) is 4.74 Å². The summed E-state index contributed by atoms with van der Waals surface area (Å²) >= 11 is 0. The SMILES string of the molecule is C1=NC(OCc2cnccn2)=CNC1.